The fourth-order valence-electron chi connectivity index (χ4n) is 8.79. The average molecular weight is 786 g/mol. The molecule has 0 saturated carbocycles. The summed E-state index contributed by atoms with van der Waals surface area (Å²) in [6.45, 7) is 6.33. The number of likely N-dealkylation sites (tertiary alicyclic amines) is 1. The number of anilines is 3. The predicted molar refractivity (Wildman–Crippen MR) is 216 cm³/mol. The maximum absolute atomic E-state index is 15.2. The van der Waals surface area contributed by atoms with Crippen LogP contribution in [-0.4, -0.2) is 105 Å². The van der Waals surface area contributed by atoms with Crippen molar-refractivity contribution in [3.63, 3.8) is 0 Å². The van der Waals surface area contributed by atoms with Crippen LogP contribution in [-0.2, 0) is 9.59 Å². The summed E-state index contributed by atoms with van der Waals surface area (Å²) in [4.78, 5) is 55.8. The van der Waals surface area contributed by atoms with Gasteiger partial charge in [0.1, 0.15) is 35.4 Å². The second-order valence-electron chi connectivity index (χ2n) is 15.8. The number of hydrogen-bond acceptors (Lipinski definition) is 11. The molecule has 4 aliphatic heterocycles. The topological polar surface area (TPSA) is 162 Å². The van der Waals surface area contributed by atoms with Crippen LogP contribution in [0, 0.1) is 11.7 Å². The van der Waals surface area contributed by atoms with Crippen molar-refractivity contribution in [1.29, 1.82) is 0 Å². The van der Waals surface area contributed by atoms with Crippen molar-refractivity contribution in [2.75, 3.05) is 60.9 Å². The van der Waals surface area contributed by atoms with Crippen LogP contribution in [0.2, 0.25) is 0 Å². The van der Waals surface area contributed by atoms with E-state index >= 15 is 4.39 Å². The van der Waals surface area contributed by atoms with Crippen molar-refractivity contribution in [3.8, 4) is 0 Å². The van der Waals surface area contributed by atoms with Gasteiger partial charge in [-0.25, -0.2) is 14.0 Å². The highest BCUT2D eigenvalue weighted by Gasteiger charge is 2.32. The van der Waals surface area contributed by atoms with Crippen LogP contribution in [0.1, 0.15) is 71.7 Å². The first kappa shape index (κ1) is 37.2. The van der Waals surface area contributed by atoms with Gasteiger partial charge in [0.25, 0.3) is 11.8 Å². The van der Waals surface area contributed by atoms with Gasteiger partial charge in [0.05, 0.1) is 40.1 Å². The first-order valence-corrected chi connectivity index (χ1v) is 20.0. The summed E-state index contributed by atoms with van der Waals surface area (Å²) in [6.07, 6.45) is 11.5. The lowest BCUT2D eigenvalue weighted by Crippen LogP contribution is -2.52. The van der Waals surface area contributed by atoms with Crippen molar-refractivity contribution >= 4 is 57.3 Å². The van der Waals surface area contributed by atoms with Crippen LogP contribution in [0.4, 0.5) is 21.5 Å². The van der Waals surface area contributed by atoms with Gasteiger partial charge in [-0.3, -0.25) is 18.7 Å². The van der Waals surface area contributed by atoms with Gasteiger partial charge in [-0.2, -0.15) is 5.10 Å². The van der Waals surface area contributed by atoms with E-state index < -0.39 is 17.8 Å². The third-order valence-electron chi connectivity index (χ3n) is 12.0. The van der Waals surface area contributed by atoms with E-state index in [1.807, 2.05) is 12.3 Å². The number of carbonyl (C=O) groups excluding carboxylic acids is 4. The van der Waals surface area contributed by atoms with Crippen molar-refractivity contribution in [2.24, 2.45) is 5.92 Å². The first-order valence-electron chi connectivity index (χ1n) is 20.0. The number of aromatic nitrogens is 5. The van der Waals surface area contributed by atoms with E-state index in [2.05, 4.69) is 63.9 Å². The van der Waals surface area contributed by atoms with Gasteiger partial charge >= 0.3 is 0 Å². The Bertz CT molecular complexity index is 2480. The standard InChI is InChI=1S/C42H44FN11O4/c43-34-18-31(7-8-32(34)41(57)46-35-9-6-29(24-55)45-38(35)25-56)53-21-27(22-53)20-50-15-10-30(11-16-50)54-23-28-17-37(39(19-36(28)49-54)51-12-2-1-3-13-51)47-42(58)33-5-4-14-52-26-44-48-40(33)52/h4-5,7-8,14,17-19,23,26-27,30,35,45H,1-3,6,9-13,15-16,20-22H2,(H,46,57)(H,47,58)/t35-/m0/s1. The molecule has 15 nitrogen and oxygen atoms in total. The second kappa shape index (κ2) is 15.9. The van der Waals surface area contributed by atoms with Crippen LogP contribution in [0.25, 0.3) is 16.6 Å². The maximum atomic E-state index is 15.2. The lowest BCUT2D eigenvalue weighted by Gasteiger charge is -2.44. The number of hydrogen-bond donors (Lipinski definition) is 3. The molecule has 2 amide bonds. The molecule has 1 atom stereocenters. The third-order valence-corrected chi connectivity index (χ3v) is 12.0. The number of pyridine rings is 1. The molecule has 0 aliphatic carbocycles. The average Bonchev–Trinajstić information content (AvgIpc) is 3.89. The summed E-state index contributed by atoms with van der Waals surface area (Å²) >= 11 is 0. The Morgan fingerprint density at radius 3 is 2.52 bits per heavy atom. The fraction of sp³-hybridized carbons (Fsp3) is 0.405. The Morgan fingerprint density at radius 2 is 1.74 bits per heavy atom. The SMILES string of the molecule is O=C=C1CC[C@H](NC(=O)c2ccc(N3CC(CN4CCC(n5cc6cc(NC(=O)c7cccn8cnnc78)c(N7CCCCC7)cc6n5)CC4)C3)cc2F)C(=C=O)N1. The molecule has 5 aromatic rings. The van der Waals surface area contributed by atoms with E-state index in [1.54, 1.807) is 34.7 Å². The lowest BCUT2D eigenvalue weighted by molar-refractivity contribution is 0.0934. The molecule has 0 bridgehead atoms. The van der Waals surface area contributed by atoms with E-state index in [9.17, 15) is 19.2 Å². The molecule has 7 heterocycles. The number of halogens is 1. The van der Waals surface area contributed by atoms with Crippen LogP contribution >= 0.6 is 0 Å². The summed E-state index contributed by atoms with van der Waals surface area (Å²) in [6, 6.07) is 11.9. The monoisotopic (exact) mass is 785 g/mol. The minimum atomic E-state index is -0.692. The molecule has 298 valence electrons. The van der Waals surface area contributed by atoms with Crippen LogP contribution < -0.4 is 25.8 Å². The lowest BCUT2D eigenvalue weighted by atomic mass is 9.96. The van der Waals surface area contributed by atoms with Crippen molar-refractivity contribution in [3.05, 3.63) is 89.5 Å². The predicted octanol–water partition coefficient (Wildman–Crippen LogP) is 4.15. The number of amides is 2. The zero-order valence-electron chi connectivity index (χ0n) is 32.0. The molecule has 4 saturated heterocycles. The van der Waals surface area contributed by atoms with Crippen LogP contribution in [0.15, 0.2) is 72.6 Å². The zero-order chi connectivity index (χ0) is 39.8. The molecule has 2 aromatic carbocycles. The molecule has 4 fully saturated rings. The molecule has 16 heteroatoms. The largest absolute Gasteiger partial charge is 0.371 e. The number of piperidine rings is 3. The summed E-state index contributed by atoms with van der Waals surface area (Å²) in [5.74, 6) is 2.40. The number of nitrogens with one attached hydrogen (secondary N) is 3. The summed E-state index contributed by atoms with van der Waals surface area (Å²) in [5, 5.41) is 22.7. The molecular formula is C42H44FN11O4. The highest BCUT2D eigenvalue weighted by Crippen LogP contribution is 2.35. The highest BCUT2D eigenvalue weighted by molar-refractivity contribution is 6.10. The van der Waals surface area contributed by atoms with Gasteiger partial charge in [0, 0.05) is 81.6 Å². The first-order chi connectivity index (χ1) is 28.3. The number of benzene rings is 2. The molecule has 9 rings (SSSR count). The Hall–Kier alpha value is -6.34. The molecule has 0 radical (unpaired) electrons. The number of nitrogens with zero attached hydrogens (tertiary/aromatic N) is 8. The van der Waals surface area contributed by atoms with Gasteiger partial charge in [-0.15, -0.1) is 10.2 Å². The van der Waals surface area contributed by atoms with E-state index in [0.29, 0.717) is 30.0 Å². The van der Waals surface area contributed by atoms with Crippen molar-refractivity contribution in [2.45, 2.75) is 57.0 Å². The van der Waals surface area contributed by atoms with Gasteiger partial charge < -0.3 is 30.7 Å². The molecule has 4 aliphatic rings. The molecule has 3 aromatic heterocycles. The Labute approximate surface area is 333 Å². The Kier molecular flexibility index (Phi) is 10.2. The highest BCUT2D eigenvalue weighted by atomic mass is 19.1. The second-order valence-corrected chi connectivity index (χ2v) is 15.8. The summed E-state index contributed by atoms with van der Waals surface area (Å²) < 4.78 is 19.0. The number of fused-ring (bicyclic) bond motifs is 2. The van der Waals surface area contributed by atoms with E-state index in [1.165, 1.54) is 18.6 Å². The number of rotatable bonds is 9. The maximum Gasteiger partial charge on any atom is 0.259 e. The smallest absolute Gasteiger partial charge is 0.259 e. The zero-order valence-corrected chi connectivity index (χ0v) is 32.0. The summed E-state index contributed by atoms with van der Waals surface area (Å²) in [7, 11) is 0. The normalized spacial score (nSPS) is 19.4. The minimum Gasteiger partial charge on any atom is -0.371 e. The number of carbonyl (C=O) groups is 2. The quantitative estimate of drug-likeness (QED) is 0.184. The van der Waals surface area contributed by atoms with E-state index in [0.717, 1.165) is 99.5 Å². The van der Waals surface area contributed by atoms with E-state index in [4.69, 9.17) is 5.10 Å². The Morgan fingerprint density at radius 1 is 0.914 bits per heavy atom. The Balaban J connectivity index is 0.799. The number of allylic oxidation sites excluding steroid dienone is 1. The summed E-state index contributed by atoms with van der Waals surface area (Å²) in [5.41, 5.74) is 4.51. The molecule has 0 unspecified atom stereocenters. The van der Waals surface area contributed by atoms with Crippen LogP contribution in [0.3, 0.4) is 0 Å². The van der Waals surface area contributed by atoms with Crippen molar-refractivity contribution < 1.29 is 23.6 Å². The molecule has 0 spiro atoms. The molecular weight excluding hydrogens is 742 g/mol. The molecule has 3 N–H and O–H groups in total. The van der Waals surface area contributed by atoms with Gasteiger partial charge in [0.15, 0.2) is 5.65 Å². The van der Waals surface area contributed by atoms with Gasteiger partial charge in [-0.05, 0) is 81.0 Å². The molecule has 58 heavy (non-hydrogen) atoms. The van der Waals surface area contributed by atoms with Crippen molar-refractivity contribution in [1.82, 2.24) is 39.9 Å². The third kappa shape index (κ3) is 7.45. The van der Waals surface area contributed by atoms with Gasteiger partial charge in [0.2, 0.25) is 0 Å². The van der Waals surface area contributed by atoms with Crippen LogP contribution in [0.5, 0.6) is 0 Å². The minimum absolute atomic E-state index is 0.0275. The van der Waals surface area contributed by atoms with E-state index in [-0.39, 0.29) is 28.9 Å². The fourth-order valence-corrected chi connectivity index (χ4v) is 8.79. The van der Waals surface area contributed by atoms with Gasteiger partial charge in [-0.1, -0.05) is 0 Å².